The van der Waals surface area contributed by atoms with Crippen molar-refractivity contribution >= 4 is 11.9 Å². The molecule has 0 spiro atoms. The second-order valence-electron chi connectivity index (χ2n) is 12.6. The summed E-state index contributed by atoms with van der Waals surface area (Å²) in [5.74, 6) is 3.99. The lowest BCUT2D eigenvalue weighted by Crippen LogP contribution is -2.54. The number of carbonyl (C=O) groups excluding carboxylic acids is 2. The molecule has 0 aromatic heterocycles. The van der Waals surface area contributed by atoms with E-state index in [1.807, 2.05) is 0 Å². The summed E-state index contributed by atoms with van der Waals surface area (Å²) in [5, 5.41) is 13.1. The number of hydrogen-bond donors (Lipinski definition) is 2. The Morgan fingerprint density at radius 3 is 2.42 bits per heavy atom. The first-order valence-electron chi connectivity index (χ1n) is 13.7. The monoisotopic (exact) mass is 461 g/mol. The number of aliphatic hydroxyl groups is 1. The highest BCUT2D eigenvalue weighted by molar-refractivity contribution is 5.84. The number of carbonyl (C=O) groups is 2. The number of esters is 1. The Balaban J connectivity index is 1.37. The number of aliphatic hydroxyl groups excluding tert-OH is 1. The van der Waals surface area contributed by atoms with Gasteiger partial charge in [-0.2, -0.15) is 0 Å². The van der Waals surface area contributed by atoms with Crippen LogP contribution in [0.25, 0.3) is 0 Å². The average Bonchev–Trinajstić information content (AvgIpc) is 3.14. The van der Waals surface area contributed by atoms with E-state index in [-0.39, 0.29) is 12.0 Å². The Morgan fingerprint density at radius 2 is 1.70 bits per heavy atom. The third-order valence-corrected chi connectivity index (χ3v) is 11.2. The molecule has 33 heavy (non-hydrogen) atoms. The average molecular weight is 462 g/mol. The van der Waals surface area contributed by atoms with E-state index in [2.05, 4.69) is 26.1 Å². The maximum Gasteiger partial charge on any atom is 0.328 e. The molecule has 0 radical (unpaired) electrons. The topological polar surface area (TPSA) is 75.6 Å². The Kier molecular flexibility index (Phi) is 7.21. The normalized spacial score (nSPS) is 44.1. The van der Waals surface area contributed by atoms with Crippen LogP contribution in [0.15, 0.2) is 0 Å². The van der Waals surface area contributed by atoms with E-state index in [4.69, 9.17) is 4.74 Å². The summed E-state index contributed by atoms with van der Waals surface area (Å²) in [6, 6.07) is -0.584. The zero-order valence-corrected chi connectivity index (χ0v) is 21.6. The number of amides is 1. The van der Waals surface area contributed by atoms with Crippen LogP contribution in [-0.4, -0.2) is 36.2 Å². The van der Waals surface area contributed by atoms with Crippen molar-refractivity contribution < 1.29 is 19.4 Å². The van der Waals surface area contributed by atoms with Crippen LogP contribution in [0.1, 0.15) is 98.3 Å². The first-order chi connectivity index (χ1) is 15.6. The molecule has 5 heteroatoms. The molecule has 5 nitrogen and oxygen atoms in total. The Bertz CT molecular complexity index is 739. The molecular formula is C28H47NO4. The zero-order valence-electron chi connectivity index (χ0n) is 21.6. The molecule has 0 aliphatic heterocycles. The van der Waals surface area contributed by atoms with Crippen LogP contribution in [0.3, 0.4) is 0 Å². The second kappa shape index (κ2) is 9.51. The number of ether oxygens (including phenoxy) is 1. The maximum absolute atomic E-state index is 12.4. The minimum atomic E-state index is -0.584. The Hall–Kier alpha value is -1.10. The SMILES string of the molecule is COC(=O)[C@H](C)NC(=O)CC[C@@H](C)[C@H]1CC[C@H]2[C@@H]3CC[C@@H]4C[C@H](O)CC[C@]4(C)[C@H]3CC[C@]12C. The van der Waals surface area contributed by atoms with Gasteiger partial charge in [-0.25, -0.2) is 4.79 Å². The van der Waals surface area contributed by atoms with Crippen LogP contribution in [-0.2, 0) is 14.3 Å². The lowest BCUT2D eigenvalue weighted by atomic mass is 9.44. The van der Waals surface area contributed by atoms with Crippen molar-refractivity contribution in [2.45, 2.75) is 110 Å². The van der Waals surface area contributed by atoms with Gasteiger partial charge in [0, 0.05) is 6.42 Å². The second-order valence-corrected chi connectivity index (χ2v) is 12.6. The van der Waals surface area contributed by atoms with Gasteiger partial charge in [0.2, 0.25) is 5.91 Å². The van der Waals surface area contributed by atoms with Crippen molar-refractivity contribution in [3.63, 3.8) is 0 Å². The molecule has 0 saturated heterocycles. The molecule has 188 valence electrons. The van der Waals surface area contributed by atoms with Gasteiger partial charge in [-0.3, -0.25) is 4.79 Å². The van der Waals surface area contributed by atoms with Gasteiger partial charge in [0.1, 0.15) is 6.04 Å². The van der Waals surface area contributed by atoms with Gasteiger partial charge in [-0.1, -0.05) is 20.8 Å². The number of nitrogens with one attached hydrogen (secondary N) is 1. The summed E-state index contributed by atoms with van der Waals surface area (Å²) in [6.45, 7) is 9.16. The van der Waals surface area contributed by atoms with E-state index < -0.39 is 12.0 Å². The van der Waals surface area contributed by atoms with Crippen LogP contribution in [0.2, 0.25) is 0 Å². The zero-order chi connectivity index (χ0) is 24.0. The summed E-state index contributed by atoms with van der Waals surface area (Å²) >= 11 is 0. The van der Waals surface area contributed by atoms with Crippen LogP contribution in [0, 0.1) is 46.3 Å². The molecule has 4 saturated carbocycles. The molecule has 0 aromatic rings. The van der Waals surface area contributed by atoms with Gasteiger partial charge in [-0.15, -0.1) is 0 Å². The molecule has 0 unspecified atom stereocenters. The van der Waals surface area contributed by atoms with Gasteiger partial charge in [0.25, 0.3) is 0 Å². The lowest BCUT2D eigenvalue weighted by molar-refractivity contribution is -0.144. The van der Waals surface area contributed by atoms with Crippen LogP contribution >= 0.6 is 0 Å². The molecule has 1 amide bonds. The third-order valence-electron chi connectivity index (χ3n) is 11.2. The van der Waals surface area contributed by atoms with Gasteiger partial charge >= 0.3 is 5.97 Å². The van der Waals surface area contributed by atoms with E-state index in [9.17, 15) is 14.7 Å². The fraction of sp³-hybridized carbons (Fsp3) is 0.929. The predicted octanol–water partition coefficient (Wildman–Crippen LogP) is 5.10. The van der Waals surface area contributed by atoms with Crippen molar-refractivity contribution in [2.24, 2.45) is 46.3 Å². The predicted molar refractivity (Wildman–Crippen MR) is 129 cm³/mol. The fourth-order valence-electron chi connectivity index (χ4n) is 9.32. The third kappa shape index (κ3) is 4.48. The minimum absolute atomic E-state index is 0.0473. The molecule has 4 aliphatic carbocycles. The summed E-state index contributed by atoms with van der Waals surface area (Å²) < 4.78 is 4.71. The van der Waals surface area contributed by atoms with E-state index in [0.717, 1.165) is 37.0 Å². The smallest absolute Gasteiger partial charge is 0.328 e. The van der Waals surface area contributed by atoms with Gasteiger partial charge in [-0.05, 0) is 117 Å². The Morgan fingerprint density at radius 1 is 1.00 bits per heavy atom. The van der Waals surface area contributed by atoms with Crippen LogP contribution in [0.4, 0.5) is 0 Å². The lowest BCUT2D eigenvalue weighted by Gasteiger charge is -2.61. The molecule has 2 N–H and O–H groups in total. The molecule has 0 aromatic carbocycles. The molecule has 0 heterocycles. The van der Waals surface area contributed by atoms with Crippen molar-refractivity contribution in [2.75, 3.05) is 7.11 Å². The molecule has 4 aliphatic rings. The fourth-order valence-corrected chi connectivity index (χ4v) is 9.32. The first kappa shape index (κ1) is 25.0. The van der Waals surface area contributed by atoms with E-state index in [0.29, 0.717) is 35.0 Å². The molecule has 4 fully saturated rings. The summed E-state index contributed by atoms with van der Waals surface area (Å²) in [6.07, 6.45) is 12.5. The molecular weight excluding hydrogens is 414 g/mol. The number of hydrogen-bond acceptors (Lipinski definition) is 4. The standard InChI is InChI=1S/C28H47NO4/c1-17(6-11-25(31)29-18(2)26(32)33-5)22-9-10-23-21-8-7-19-16-20(30)12-14-27(19,3)24(21)13-15-28(22,23)4/h17-24,30H,6-16H2,1-5H3,(H,29,31)/t17-,18+,19-,20-,21+,22-,23+,24+,27+,28-/m1/s1. The van der Waals surface area contributed by atoms with Crippen LogP contribution in [0.5, 0.6) is 0 Å². The quantitative estimate of drug-likeness (QED) is 0.540. The highest BCUT2D eigenvalue weighted by Crippen LogP contribution is 2.68. The highest BCUT2D eigenvalue weighted by atomic mass is 16.5. The van der Waals surface area contributed by atoms with Crippen molar-refractivity contribution in [3.8, 4) is 0 Å². The molecule has 0 bridgehead atoms. The number of fused-ring (bicyclic) bond motifs is 5. The van der Waals surface area contributed by atoms with E-state index in [1.54, 1.807) is 6.92 Å². The van der Waals surface area contributed by atoms with Crippen molar-refractivity contribution in [1.29, 1.82) is 0 Å². The summed E-state index contributed by atoms with van der Waals surface area (Å²) in [4.78, 5) is 24.0. The largest absolute Gasteiger partial charge is 0.467 e. The van der Waals surface area contributed by atoms with Crippen molar-refractivity contribution in [3.05, 3.63) is 0 Å². The molecule has 10 atom stereocenters. The molecule has 4 rings (SSSR count). The van der Waals surface area contributed by atoms with Gasteiger partial charge in [0.15, 0.2) is 0 Å². The summed E-state index contributed by atoms with van der Waals surface area (Å²) in [5.41, 5.74) is 0.829. The number of methoxy groups -OCH3 is 1. The minimum Gasteiger partial charge on any atom is -0.467 e. The van der Waals surface area contributed by atoms with E-state index in [1.165, 1.54) is 52.1 Å². The van der Waals surface area contributed by atoms with Crippen LogP contribution < -0.4 is 5.32 Å². The number of rotatable bonds is 6. The highest BCUT2D eigenvalue weighted by Gasteiger charge is 2.60. The Labute approximate surface area is 200 Å². The maximum atomic E-state index is 12.4. The van der Waals surface area contributed by atoms with Gasteiger partial charge < -0.3 is 15.2 Å². The van der Waals surface area contributed by atoms with Crippen molar-refractivity contribution in [1.82, 2.24) is 5.32 Å². The van der Waals surface area contributed by atoms with E-state index >= 15 is 0 Å². The van der Waals surface area contributed by atoms with Gasteiger partial charge in [0.05, 0.1) is 13.2 Å². The summed E-state index contributed by atoms with van der Waals surface area (Å²) in [7, 11) is 1.35. The first-order valence-corrected chi connectivity index (χ1v) is 13.7.